The smallest absolute Gasteiger partial charge is 0.311 e. The normalized spacial score (nSPS) is 11.9. The summed E-state index contributed by atoms with van der Waals surface area (Å²) >= 11 is 1.44. The molecule has 6 nitrogen and oxygen atoms in total. The van der Waals surface area contributed by atoms with Crippen LogP contribution in [0.2, 0.25) is 0 Å². The summed E-state index contributed by atoms with van der Waals surface area (Å²) < 4.78 is 10.2. The van der Waals surface area contributed by atoms with Gasteiger partial charge in [-0.05, 0) is 40.5 Å². The lowest BCUT2D eigenvalue weighted by molar-refractivity contribution is -0.155. The van der Waals surface area contributed by atoms with Crippen molar-refractivity contribution in [1.82, 2.24) is 0 Å². The summed E-state index contributed by atoms with van der Waals surface area (Å²) in [5.74, 6) is -0.409. The number of carbonyl (C=O) groups excluding carboxylic acids is 2. The van der Waals surface area contributed by atoms with E-state index in [4.69, 9.17) is 14.6 Å². The molecule has 0 rings (SSSR count). The van der Waals surface area contributed by atoms with E-state index in [9.17, 15) is 14.4 Å². The van der Waals surface area contributed by atoms with Crippen molar-refractivity contribution in [2.24, 2.45) is 10.8 Å². The zero-order chi connectivity index (χ0) is 18.8. The third kappa shape index (κ3) is 9.15. The lowest BCUT2D eigenvalue weighted by Gasteiger charge is -2.20. The van der Waals surface area contributed by atoms with Gasteiger partial charge in [-0.15, -0.1) is 0 Å². The summed E-state index contributed by atoms with van der Waals surface area (Å²) in [6.45, 7) is 9.36. The number of aliphatic carboxylic acids is 1. The molecule has 0 bridgehead atoms. The van der Waals surface area contributed by atoms with Gasteiger partial charge in [-0.25, -0.2) is 0 Å². The Kier molecular flexibility index (Phi) is 10.0. The average molecular weight is 362 g/mol. The topological polar surface area (TPSA) is 89.9 Å². The summed E-state index contributed by atoms with van der Waals surface area (Å²) in [4.78, 5) is 34.2. The largest absolute Gasteiger partial charge is 0.481 e. The van der Waals surface area contributed by atoms with E-state index >= 15 is 0 Å². The highest BCUT2D eigenvalue weighted by atomic mass is 32.2. The van der Waals surface area contributed by atoms with Gasteiger partial charge < -0.3 is 14.6 Å². The van der Waals surface area contributed by atoms with Gasteiger partial charge in [0.25, 0.3) is 0 Å². The first-order valence-electron chi connectivity index (χ1n) is 8.17. The van der Waals surface area contributed by atoms with Crippen molar-refractivity contribution in [2.45, 2.75) is 53.9 Å². The predicted octanol–water partition coefficient (Wildman–Crippen LogP) is 3.13. The Morgan fingerprint density at radius 1 is 1.00 bits per heavy atom. The molecule has 0 unspecified atom stereocenters. The summed E-state index contributed by atoms with van der Waals surface area (Å²) in [6.07, 6.45) is 1.33. The minimum absolute atomic E-state index is 0.200. The van der Waals surface area contributed by atoms with Gasteiger partial charge in [0, 0.05) is 17.9 Å². The second kappa shape index (κ2) is 10.6. The molecule has 0 spiro atoms. The van der Waals surface area contributed by atoms with Crippen molar-refractivity contribution < 1.29 is 29.0 Å². The van der Waals surface area contributed by atoms with Crippen LogP contribution in [0.1, 0.15) is 53.9 Å². The maximum Gasteiger partial charge on any atom is 0.311 e. The summed E-state index contributed by atoms with van der Waals surface area (Å²) in [7, 11) is 0. The molecule has 0 fully saturated rings. The molecule has 0 aliphatic carbocycles. The predicted molar refractivity (Wildman–Crippen MR) is 94.0 cm³/mol. The zero-order valence-electron chi connectivity index (χ0n) is 15.3. The fourth-order valence-electron chi connectivity index (χ4n) is 1.40. The van der Waals surface area contributed by atoms with E-state index in [0.29, 0.717) is 24.3 Å². The number of carboxylic acid groups (broad SMARTS) is 1. The fraction of sp³-hybridized carbons (Fsp3) is 0.824. The SMILES string of the molecule is CCC(C)(C)C(=O)OCCCC(=O)OCCSCC(C)(C)C(=O)O. The highest BCUT2D eigenvalue weighted by molar-refractivity contribution is 7.99. The lowest BCUT2D eigenvalue weighted by Crippen LogP contribution is -2.26. The molecule has 0 amide bonds. The van der Waals surface area contributed by atoms with E-state index in [1.807, 2.05) is 20.8 Å². The minimum Gasteiger partial charge on any atom is -0.481 e. The quantitative estimate of drug-likeness (QED) is 0.421. The maximum atomic E-state index is 11.7. The first kappa shape index (κ1) is 22.8. The third-order valence-electron chi connectivity index (χ3n) is 3.73. The molecule has 0 aromatic heterocycles. The van der Waals surface area contributed by atoms with Gasteiger partial charge >= 0.3 is 17.9 Å². The Balaban J connectivity index is 3.72. The molecule has 0 radical (unpaired) electrons. The number of hydrogen-bond acceptors (Lipinski definition) is 6. The lowest BCUT2D eigenvalue weighted by atomic mass is 9.91. The van der Waals surface area contributed by atoms with Gasteiger partial charge in [0.2, 0.25) is 0 Å². The van der Waals surface area contributed by atoms with Gasteiger partial charge in [-0.2, -0.15) is 11.8 Å². The molecule has 24 heavy (non-hydrogen) atoms. The Morgan fingerprint density at radius 3 is 2.17 bits per heavy atom. The molecule has 0 saturated carbocycles. The maximum absolute atomic E-state index is 11.7. The van der Waals surface area contributed by atoms with E-state index in [2.05, 4.69) is 0 Å². The van der Waals surface area contributed by atoms with Crippen LogP contribution in [0.3, 0.4) is 0 Å². The van der Waals surface area contributed by atoms with Crippen LogP contribution >= 0.6 is 11.8 Å². The number of esters is 2. The Hall–Kier alpha value is -1.24. The van der Waals surface area contributed by atoms with Gasteiger partial charge in [-0.3, -0.25) is 14.4 Å². The van der Waals surface area contributed by atoms with Crippen LogP contribution in [0.4, 0.5) is 0 Å². The van der Waals surface area contributed by atoms with Gasteiger partial charge in [-0.1, -0.05) is 6.92 Å². The van der Waals surface area contributed by atoms with Crippen LogP contribution in [-0.4, -0.2) is 47.7 Å². The van der Waals surface area contributed by atoms with Gasteiger partial charge in [0.15, 0.2) is 0 Å². The molecule has 7 heteroatoms. The first-order chi connectivity index (χ1) is 11.0. The van der Waals surface area contributed by atoms with Crippen molar-refractivity contribution in [3.05, 3.63) is 0 Å². The van der Waals surface area contributed by atoms with Crippen LogP contribution in [0.15, 0.2) is 0 Å². The van der Waals surface area contributed by atoms with E-state index < -0.39 is 16.8 Å². The number of hydrogen-bond donors (Lipinski definition) is 1. The minimum atomic E-state index is -0.840. The highest BCUT2D eigenvalue weighted by Gasteiger charge is 2.27. The Bertz CT molecular complexity index is 431. The number of rotatable bonds is 12. The van der Waals surface area contributed by atoms with Crippen LogP contribution in [0.25, 0.3) is 0 Å². The van der Waals surface area contributed by atoms with E-state index in [1.165, 1.54) is 11.8 Å². The fourth-order valence-corrected chi connectivity index (χ4v) is 2.38. The van der Waals surface area contributed by atoms with Crippen LogP contribution in [0.5, 0.6) is 0 Å². The molecule has 0 aliphatic rings. The van der Waals surface area contributed by atoms with Crippen molar-refractivity contribution in [1.29, 1.82) is 0 Å². The standard InChI is InChI=1S/C17H30O6S/c1-6-16(2,3)15(21)23-9-7-8-13(18)22-10-11-24-12-17(4,5)14(19)20/h6-12H2,1-5H3,(H,19,20). The monoisotopic (exact) mass is 362 g/mol. The molecular formula is C17H30O6S. The van der Waals surface area contributed by atoms with Crippen LogP contribution in [-0.2, 0) is 23.9 Å². The molecule has 0 atom stereocenters. The molecule has 0 saturated heterocycles. The second-order valence-corrected chi connectivity index (χ2v) is 8.04. The van der Waals surface area contributed by atoms with Crippen molar-refractivity contribution in [2.75, 3.05) is 24.7 Å². The van der Waals surface area contributed by atoms with E-state index in [-0.39, 0.29) is 31.6 Å². The summed E-state index contributed by atoms with van der Waals surface area (Å²) in [5.41, 5.74) is -1.29. The highest BCUT2D eigenvalue weighted by Crippen LogP contribution is 2.22. The molecule has 0 aliphatic heterocycles. The van der Waals surface area contributed by atoms with E-state index in [0.717, 1.165) is 0 Å². The van der Waals surface area contributed by atoms with E-state index in [1.54, 1.807) is 13.8 Å². The summed E-state index contributed by atoms with van der Waals surface area (Å²) in [6, 6.07) is 0. The number of thioether (sulfide) groups is 1. The van der Waals surface area contributed by atoms with Crippen LogP contribution < -0.4 is 0 Å². The van der Waals surface area contributed by atoms with Crippen molar-refractivity contribution in [3.63, 3.8) is 0 Å². The Morgan fingerprint density at radius 2 is 1.62 bits per heavy atom. The number of ether oxygens (including phenoxy) is 2. The summed E-state index contributed by atoms with van der Waals surface area (Å²) in [5, 5.41) is 8.98. The second-order valence-electron chi connectivity index (χ2n) is 6.94. The molecular weight excluding hydrogens is 332 g/mol. The third-order valence-corrected chi connectivity index (χ3v) is 5.11. The molecule has 1 N–H and O–H groups in total. The number of carbonyl (C=O) groups is 3. The molecule has 0 heterocycles. The van der Waals surface area contributed by atoms with Gasteiger partial charge in [0.1, 0.15) is 6.61 Å². The number of carboxylic acids is 1. The molecule has 0 aromatic rings. The van der Waals surface area contributed by atoms with Crippen molar-refractivity contribution >= 4 is 29.7 Å². The van der Waals surface area contributed by atoms with Crippen LogP contribution in [0, 0.1) is 10.8 Å². The molecule has 140 valence electrons. The van der Waals surface area contributed by atoms with Crippen molar-refractivity contribution in [3.8, 4) is 0 Å². The Labute approximate surface area is 148 Å². The average Bonchev–Trinajstić information content (AvgIpc) is 2.50. The first-order valence-corrected chi connectivity index (χ1v) is 9.32. The van der Waals surface area contributed by atoms with Gasteiger partial charge in [0.05, 0.1) is 17.4 Å². The molecule has 0 aromatic carbocycles. The zero-order valence-corrected chi connectivity index (χ0v) is 16.2.